The maximum Gasteiger partial charge on any atom is 0.119 e. The van der Waals surface area contributed by atoms with Crippen LogP contribution in [0.15, 0.2) is 15.9 Å². The molecule has 0 bridgehead atoms. The van der Waals surface area contributed by atoms with Crippen molar-refractivity contribution in [2.75, 3.05) is 26.4 Å². The van der Waals surface area contributed by atoms with Crippen molar-refractivity contribution in [1.82, 2.24) is 0 Å². The third kappa shape index (κ3) is 1.19. The van der Waals surface area contributed by atoms with Crippen LogP contribution in [0.5, 0.6) is 0 Å². The lowest BCUT2D eigenvalue weighted by Crippen LogP contribution is -2.65. The van der Waals surface area contributed by atoms with E-state index in [1.807, 2.05) is 0 Å². The first-order valence-corrected chi connectivity index (χ1v) is 6.71. The van der Waals surface area contributed by atoms with E-state index in [-0.39, 0.29) is 10.8 Å². The van der Waals surface area contributed by atoms with Gasteiger partial charge in [-0.3, -0.25) is 0 Å². The van der Waals surface area contributed by atoms with Crippen LogP contribution in [-0.2, 0) is 14.9 Å². The van der Waals surface area contributed by atoms with Crippen LogP contribution in [-0.4, -0.2) is 26.4 Å². The van der Waals surface area contributed by atoms with Crippen molar-refractivity contribution in [2.24, 2.45) is 5.41 Å². The molecule has 0 amide bonds. The number of ether oxygens (including phenoxy) is 2. The maximum atomic E-state index is 9.41. The maximum absolute atomic E-state index is 9.41. The van der Waals surface area contributed by atoms with E-state index in [2.05, 4.69) is 33.4 Å². The molecular weight excluding hydrogens is 290 g/mol. The zero-order chi connectivity index (χ0) is 11.2. The first-order chi connectivity index (χ1) is 7.72. The molecule has 2 aliphatic heterocycles. The van der Waals surface area contributed by atoms with Gasteiger partial charge in [-0.15, -0.1) is 11.3 Å². The Hall–Kier alpha value is -0.410. The molecule has 2 saturated heterocycles. The van der Waals surface area contributed by atoms with Gasteiger partial charge in [-0.05, 0) is 22.0 Å². The van der Waals surface area contributed by atoms with Crippen molar-refractivity contribution in [3.63, 3.8) is 0 Å². The number of nitriles is 1. The van der Waals surface area contributed by atoms with Gasteiger partial charge in [0.2, 0.25) is 0 Å². The fraction of sp³-hybridized carbons (Fsp3) is 0.545. The smallest absolute Gasteiger partial charge is 0.119 e. The molecule has 0 spiro atoms. The quantitative estimate of drug-likeness (QED) is 0.842. The van der Waals surface area contributed by atoms with Crippen LogP contribution in [0, 0.1) is 16.7 Å². The highest BCUT2D eigenvalue weighted by atomic mass is 79.9. The molecule has 0 aliphatic carbocycles. The standard InChI is InChI=1S/C11H10BrNO2S/c12-8-1-9(16-2-8)11(6-15-7-11)10(3-13)4-14-5-10/h1-2H,4-7H2. The van der Waals surface area contributed by atoms with E-state index in [9.17, 15) is 5.26 Å². The van der Waals surface area contributed by atoms with E-state index < -0.39 is 0 Å². The van der Waals surface area contributed by atoms with Gasteiger partial charge in [0.15, 0.2) is 0 Å². The Morgan fingerprint density at radius 2 is 2.00 bits per heavy atom. The summed E-state index contributed by atoms with van der Waals surface area (Å²) in [5.74, 6) is 0. The minimum Gasteiger partial charge on any atom is -0.379 e. The zero-order valence-electron chi connectivity index (χ0n) is 8.53. The Bertz CT molecular complexity index is 457. The molecular formula is C11H10BrNO2S. The van der Waals surface area contributed by atoms with Gasteiger partial charge in [0.25, 0.3) is 0 Å². The molecule has 0 unspecified atom stereocenters. The van der Waals surface area contributed by atoms with Gasteiger partial charge in [-0.25, -0.2) is 0 Å². The van der Waals surface area contributed by atoms with E-state index in [4.69, 9.17) is 9.47 Å². The summed E-state index contributed by atoms with van der Waals surface area (Å²) in [5, 5.41) is 11.5. The topological polar surface area (TPSA) is 42.2 Å². The van der Waals surface area contributed by atoms with E-state index in [1.54, 1.807) is 11.3 Å². The summed E-state index contributed by atoms with van der Waals surface area (Å²) in [6, 6.07) is 4.55. The lowest BCUT2D eigenvalue weighted by Gasteiger charge is -2.54. The third-order valence-electron chi connectivity index (χ3n) is 3.56. The fourth-order valence-electron chi connectivity index (χ4n) is 2.28. The number of rotatable bonds is 2. The van der Waals surface area contributed by atoms with Crippen LogP contribution in [0.3, 0.4) is 0 Å². The third-order valence-corrected chi connectivity index (χ3v) is 5.46. The summed E-state index contributed by atoms with van der Waals surface area (Å²) in [6.45, 7) is 2.33. The average Bonchev–Trinajstić information content (AvgIpc) is 2.55. The van der Waals surface area contributed by atoms with Crippen LogP contribution in [0.2, 0.25) is 0 Å². The van der Waals surface area contributed by atoms with E-state index in [0.29, 0.717) is 26.4 Å². The summed E-state index contributed by atoms with van der Waals surface area (Å²) in [5.41, 5.74) is -0.522. The number of nitrogens with zero attached hydrogens (tertiary/aromatic N) is 1. The zero-order valence-corrected chi connectivity index (χ0v) is 10.9. The highest BCUT2D eigenvalue weighted by Crippen LogP contribution is 2.53. The molecule has 2 fully saturated rings. The second-order valence-corrected chi connectivity index (χ2v) is 6.22. The number of thiophene rings is 1. The number of halogens is 1. The Morgan fingerprint density at radius 3 is 2.31 bits per heavy atom. The minimum atomic E-state index is -0.379. The summed E-state index contributed by atoms with van der Waals surface area (Å²) in [4.78, 5) is 1.23. The molecule has 5 heteroatoms. The molecule has 16 heavy (non-hydrogen) atoms. The van der Waals surface area contributed by atoms with Gasteiger partial charge in [0.05, 0.1) is 37.9 Å². The SMILES string of the molecule is N#CC1(C2(c3cc(Br)cs3)COC2)COC1. The van der Waals surface area contributed by atoms with E-state index >= 15 is 0 Å². The van der Waals surface area contributed by atoms with Gasteiger partial charge < -0.3 is 9.47 Å². The lowest BCUT2D eigenvalue weighted by molar-refractivity contribution is -0.200. The molecule has 0 saturated carbocycles. The van der Waals surface area contributed by atoms with E-state index in [0.717, 1.165) is 4.47 Å². The molecule has 0 N–H and O–H groups in total. The first kappa shape index (κ1) is 10.7. The Kier molecular flexibility index (Phi) is 2.37. The lowest BCUT2D eigenvalue weighted by atomic mass is 9.60. The Balaban J connectivity index is 2.04. The van der Waals surface area contributed by atoms with Gasteiger partial charge in [-0.1, -0.05) is 0 Å². The van der Waals surface area contributed by atoms with Crippen molar-refractivity contribution in [1.29, 1.82) is 5.26 Å². The van der Waals surface area contributed by atoms with Gasteiger partial charge in [0, 0.05) is 14.7 Å². The van der Waals surface area contributed by atoms with Crippen LogP contribution >= 0.6 is 27.3 Å². The summed E-state index contributed by atoms with van der Waals surface area (Å²) >= 11 is 5.15. The highest BCUT2D eigenvalue weighted by Gasteiger charge is 2.62. The second kappa shape index (κ2) is 3.54. The van der Waals surface area contributed by atoms with Crippen LogP contribution in [0.1, 0.15) is 4.88 Å². The highest BCUT2D eigenvalue weighted by molar-refractivity contribution is 9.10. The largest absolute Gasteiger partial charge is 0.379 e. The second-order valence-electron chi connectivity index (χ2n) is 4.39. The Morgan fingerprint density at radius 1 is 1.31 bits per heavy atom. The molecule has 1 aromatic heterocycles. The predicted octanol–water partition coefficient (Wildman–Crippen LogP) is 2.32. The number of hydrogen-bond acceptors (Lipinski definition) is 4. The number of hydrogen-bond donors (Lipinski definition) is 0. The molecule has 3 rings (SSSR count). The first-order valence-electron chi connectivity index (χ1n) is 5.04. The molecule has 1 aromatic rings. The summed E-state index contributed by atoms with van der Waals surface area (Å²) in [7, 11) is 0. The molecule has 0 atom stereocenters. The van der Waals surface area contributed by atoms with Gasteiger partial charge >= 0.3 is 0 Å². The molecule has 3 heterocycles. The van der Waals surface area contributed by atoms with Crippen LogP contribution < -0.4 is 0 Å². The molecule has 0 aromatic carbocycles. The Labute approximate surface area is 106 Å². The van der Waals surface area contributed by atoms with Crippen molar-refractivity contribution in [3.8, 4) is 6.07 Å². The summed E-state index contributed by atoms with van der Waals surface area (Å²) in [6.07, 6.45) is 0. The van der Waals surface area contributed by atoms with Crippen molar-refractivity contribution < 1.29 is 9.47 Å². The predicted molar refractivity (Wildman–Crippen MR) is 63.4 cm³/mol. The fourth-order valence-corrected chi connectivity index (χ4v) is 3.98. The normalized spacial score (nSPS) is 25.2. The van der Waals surface area contributed by atoms with Crippen molar-refractivity contribution in [2.45, 2.75) is 5.41 Å². The van der Waals surface area contributed by atoms with E-state index in [1.165, 1.54) is 4.88 Å². The van der Waals surface area contributed by atoms with Crippen LogP contribution in [0.25, 0.3) is 0 Å². The average molecular weight is 300 g/mol. The molecule has 0 radical (unpaired) electrons. The minimum absolute atomic E-state index is 0.142. The van der Waals surface area contributed by atoms with Crippen molar-refractivity contribution in [3.05, 3.63) is 20.8 Å². The summed E-state index contributed by atoms with van der Waals surface area (Å²) < 4.78 is 11.7. The van der Waals surface area contributed by atoms with Crippen molar-refractivity contribution >= 4 is 27.3 Å². The van der Waals surface area contributed by atoms with Crippen LogP contribution in [0.4, 0.5) is 0 Å². The monoisotopic (exact) mass is 299 g/mol. The molecule has 3 nitrogen and oxygen atoms in total. The van der Waals surface area contributed by atoms with Gasteiger partial charge in [-0.2, -0.15) is 5.26 Å². The van der Waals surface area contributed by atoms with Gasteiger partial charge in [0.1, 0.15) is 5.41 Å². The molecule has 2 aliphatic rings. The molecule has 84 valence electrons.